The van der Waals surface area contributed by atoms with E-state index in [2.05, 4.69) is 0 Å². The summed E-state index contributed by atoms with van der Waals surface area (Å²) in [7, 11) is 3.17. The van der Waals surface area contributed by atoms with Crippen molar-refractivity contribution in [3.05, 3.63) is 0 Å². The average Bonchev–Trinajstić information content (AvgIpc) is 2.10. The Bertz CT molecular complexity index is 162. The molecule has 1 aliphatic rings. The molecule has 1 N–H and O–H groups in total. The third kappa shape index (κ3) is 2.02. The van der Waals surface area contributed by atoms with Crippen LogP contribution in [0.5, 0.6) is 0 Å². The zero-order valence-corrected chi connectivity index (χ0v) is 8.56. The van der Waals surface area contributed by atoms with Gasteiger partial charge < -0.3 is 19.3 Å². The molecule has 1 saturated heterocycles. The van der Waals surface area contributed by atoms with Crippen molar-refractivity contribution in [2.45, 2.75) is 44.4 Å². The number of ether oxygens (including phenoxy) is 3. The summed E-state index contributed by atoms with van der Waals surface area (Å²) >= 11 is 0. The first kappa shape index (κ1) is 10.9. The first-order valence-corrected chi connectivity index (χ1v) is 4.51. The van der Waals surface area contributed by atoms with E-state index in [4.69, 9.17) is 14.2 Å². The van der Waals surface area contributed by atoms with Gasteiger partial charge in [0.1, 0.15) is 18.3 Å². The summed E-state index contributed by atoms with van der Waals surface area (Å²) in [6, 6.07) is 0. The van der Waals surface area contributed by atoms with E-state index >= 15 is 0 Å². The second-order valence-electron chi connectivity index (χ2n) is 3.44. The molecule has 4 heteroatoms. The first-order valence-electron chi connectivity index (χ1n) is 4.51. The van der Waals surface area contributed by atoms with Crippen molar-refractivity contribution in [1.29, 1.82) is 0 Å². The lowest BCUT2D eigenvalue weighted by atomic mass is 9.96. The van der Waals surface area contributed by atoms with Crippen molar-refractivity contribution >= 4 is 0 Å². The Morgan fingerprint density at radius 2 is 1.54 bits per heavy atom. The molecule has 3 unspecified atom stereocenters. The fourth-order valence-electron chi connectivity index (χ4n) is 1.82. The van der Waals surface area contributed by atoms with Crippen LogP contribution in [0, 0.1) is 0 Å². The average molecular weight is 190 g/mol. The van der Waals surface area contributed by atoms with Gasteiger partial charge >= 0.3 is 0 Å². The van der Waals surface area contributed by atoms with Gasteiger partial charge in [-0.3, -0.25) is 0 Å². The Labute approximate surface area is 78.8 Å². The van der Waals surface area contributed by atoms with E-state index < -0.39 is 6.10 Å². The third-order valence-electron chi connectivity index (χ3n) is 2.58. The SMILES string of the molecule is COC1C(OC)[C@H](C)OC(C)[C@@H]1O. The molecular formula is C9H18O4. The maximum Gasteiger partial charge on any atom is 0.114 e. The van der Waals surface area contributed by atoms with E-state index in [1.165, 1.54) is 0 Å². The van der Waals surface area contributed by atoms with Gasteiger partial charge in [0.15, 0.2) is 0 Å². The molecule has 0 amide bonds. The molecule has 1 fully saturated rings. The van der Waals surface area contributed by atoms with Gasteiger partial charge in [0.05, 0.1) is 12.2 Å². The molecule has 0 radical (unpaired) electrons. The fourth-order valence-corrected chi connectivity index (χ4v) is 1.82. The molecule has 0 aliphatic carbocycles. The fraction of sp³-hybridized carbons (Fsp3) is 1.00. The van der Waals surface area contributed by atoms with E-state index in [9.17, 15) is 5.11 Å². The van der Waals surface area contributed by atoms with Crippen LogP contribution in [0.2, 0.25) is 0 Å². The number of methoxy groups -OCH3 is 2. The van der Waals surface area contributed by atoms with Crippen LogP contribution < -0.4 is 0 Å². The molecule has 13 heavy (non-hydrogen) atoms. The molecule has 1 heterocycles. The molecule has 0 bridgehead atoms. The summed E-state index contributed by atoms with van der Waals surface area (Å²) in [5.41, 5.74) is 0. The Morgan fingerprint density at radius 3 is 2.00 bits per heavy atom. The van der Waals surface area contributed by atoms with Gasteiger partial charge in [-0.2, -0.15) is 0 Å². The zero-order chi connectivity index (χ0) is 10.0. The van der Waals surface area contributed by atoms with Crippen LogP contribution in [0.3, 0.4) is 0 Å². The number of hydrogen-bond acceptors (Lipinski definition) is 4. The number of hydrogen-bond donors (Lipinski definition) is 1. The van der Waals surface area contributed by atoms with Crippen molar-refractivity contribution in [3.63, 3.8) is 0 Å². The maximum atomic E-state index is 9.73. The van der Waals surface area contributed by atoms with Crippen LogP contribution in [0.1, 0.15) is 13.8 Å². The van der Waals surface area contributed by atoms with Crippen molar-refractivity contribution in [2.24, 2.45) is 0 Å². The lowest BCUT2D eigenvalue weighted by Gasteiger charge is -2.41. The quantitative estimate of drug-likeness (QED) is 0.675. The summed E-state index contributed by atoms with van der Waals surface area (Å²) in [6.07, 6.45) is -1.37. The summed E-state index contributed by atoms with van der Waals surface area (Å²) in [5, 5.41) is 9.73. The minimum absolute atomic E-state index is 0.0478. The Kier molecular flexibility index (Phi) is 3.67. The van der Waals surface area contributed by atoms with Crippen molar-refractivity contribution in [1.82, 2.24) is 0 Å². The molecule has 0 spiro atoms. The second-order valence-corrected chi connectivity index (χ2v) is 3.44. The van der Waals surface area contributed by atoms with E-state index in [-0.39, 0.29) is 24.4 Å². The van der Waals surface area contributed by atoms with E-state index in [0.717, 1.165) is 0 Å². The van der Waals surface area contributed by atoms with Crippen molar-refractivity contribution in [3.8, 4) is 0 Å². The lowest BCUT2D eigenvalue weighted by molar-refractivity contribution is -0.226. The molecule has 0 aromatic rings. The van der Waals surface area contributed by atoms with Crippen molar-refractivity contribution < 1.29 is 19.3 Å². The third-order valence-corrected chi connectivity index (χ3v) is 2.58. The Morgan fingerprint density at radius 1 is 1.00 bits per heavy atom. The minimum Gasteiger partial charge on any atom is -0.388 e. The minimum atomic E-state index is -0.619. The van der Waals surface area contributed by atoms with Gasteiger partial charge in [-0.25, -0.2) is 0 Å². The Balaban J connectivity index is 2.71. The largest absolute Gasteiger partial charge is 0.388 e. The van der Waals surface area contributed by atoms with Crippen molar-refractivity contribution in [2.75, 3.05) is 14.2 Å². The zero-order valence-electron chi connectivity index (χ0n) is 8.56. The number of rotatable bonds is 2. The molecule has 0 aromatic carbocycles. The van der Waals surface area contributed by atoms with Crippen LogP contribution in [0.15, 0.2) is 0 Å². The summed E-state index contributed by atoms with van der Waals surface area (Å²) < 4.78 is 15.9. The highest BCUT2D eigenvalue weighted by Gasteiger charge is 2.41. The molecule has 1 aliphatic heterocycles. The van der Waals surface area contributed by atoms with Crippen LogP contribution in [0.25, 0.3) is 0 Å². The molecule has 5 atom stereocenters. The van der Waals surface area contributed by atoms with E-state index in [1.807, 2.05) is 13.8 Å². The van der Waals surface area contributed by atoms with Gasteiger partial charge in [0, 0.05) is 14.2 Å². The molecular weight excluding hydrogens is 172 g/mol. The van der Waals surface area contributed by atoms with Gasteiger partial charge in [0.2, 0.25) is 0 Å². The van der Waals surface area contributed by atoms with Gasteiger partial charge in [0.25, 0.3) is 0 Å². The second kappa shape index (κ2) is 4.37. The predicted molar refractivity (Wildman–Crippen MR) is 47.6 cm³/mol. The highest BCUT2D eigenvalue weighted by Crippen LogP contribution is 2.24. The molecule has 1 rings (SSSR count). The number of aliphatic hydroxyl groups is 1. The normalized spacial score (nSPS) is 46.4. The van der Waals surface area contributed by atoms with Crippen LogP contribution >= 0.6 is 0 Å². The summed E-state index contributed by atoms with van der Waals surface area (Å²) in [6.45, 7) is 3.75. The highest BCUT2D eigenvalue weighted by atomic mass is 16.6. The standard InChI is InChI=1S/C9H18O4/c1-5-7(10)9(12-4)8(11-3)6(2)13-5/h5-10H,1-4H3/t5?,6-,7-,8?,9?/m0/s1. The van der Waals surface area contributed by atoms with E-state index in [1.54, 1.807) is 14.2 Å². The number of aliphatic hydroxyl groups excluding tert-OH is 1. The molecule has 4 nitrogen and oxygen atoms in total. The van der Waals surface area contributed by atoms with Crippen LogP contribution in [-0.4, -0.2) is 49.8 Å². The Hall–Kier alpha value is -0.160. The van der Waals surface area contributed by atoms with Crippen LogP contribution in [0.4, 0.5) is 0 Å². The smallest absolute Gasteiger partial charge is 0.114 e. The van der Waals surface area contributed by atoms with Gasteiger partial charge in [-0.1, -0.05) is 0 Å². The highest BCUT2D eigenvalue weighted by molar-refractivity contribution is 4.90. The maximum absolute atomic E-state index is 9.73. The summed E-state index contributed by atoms with van der Waals surface area (Å²) in [5.74, 6) is 0. The molecule has 0 saturated carbocycles. The molecule has 78 valence electrons. The monoisotopic (exact) mass is 190 g/mol. The first-order chi connectivity index (χ1) is 6.11. The van der Waals surface area contributed by atoms with E-state index in [0.29, 0.717) is 0 Å². The molecule has 0 aromatic heterocycles. The van der Waals surface area contributed by atoms with Crippen LogP contribution in [-0.2, 0) is 14.2 Å². The predicted octanol–water partition coefficient (Wildman–Crippen LogP) is 0.184. The van der Waals surface area contributed by atoms with Gasteiger partial charge in [-0.05, 0) is 13.8 Å². The lowest BCUT2D eigenvalue weighted by Crippen LogP contribution is -2.57. The summed E-state index contributed by atoms with van der Waals surface area (Å²) in [4.78, 5) is 0. The topological polar surface area (TPSA) is 47.9 Å². The van der Waals surface area contributed by atoms with Gasteiger partial charge in [-0.15, -0.1) is 0 Å².